The summed E-state index contributed by atoms with van der Waals surface area (Å²) in [6.07, 6.45) is 2.11. The summed E-state index contributed by atoms with van der Waals surface area (Å²) in [4.78, 5) is 18.2. The zero-order valence-corrected chi connectivity index (χ0v) is 8.82. The molecule has 0 amide bonds. The lowest BCUT2D eigenvalue weighted by atomic mass is 9.92. The van der Waals surface area contributed by atoms with Gasteiger partial charge in [0.25, 0.3) is 0 Å². The lowest BCUT2D eigenvalue weighted by molar-refractivity contribution is -0.140. The van der Waals surface area contributed by atoms with Crippen LogP contribution in [0.25, 0.3) is 0 Å². The van der Waals surface area contributed by atoms with Gasteiger partial charge in [-0.3, -0.25) is 10.1 Å². The van der Waals surface area contributed by atoms with Crippen LogP contribution in [0.4, 0.5) is 0 Å². The summed E-state index contributed by atoms with van der Waals surface area (Å²) in [7, 11) is 0. The van der Waals surface area contributed by atoms with Crippen molar-refractivity contribution in [1.82, 2.24) is 15.3 Å². The van der Waals surface area contributed by atoms with Gasteiger partial charge in [-0.15, -0.1) is 0 Å². The number of carboxylic acid groups (broad SMARTS) is 1. The summed E-state index contributed by atoms with van der Waals surface area (Å²) in [6, 6.07) is -0.480. The van der Waals surface area contributed by atoms with Crippen molar-refractivity contribution >= 4 is 5.97 Å². The molecular weight excluding hydrogens is 194 g/mol. The maximum Gasteiger partial charge on any atom is 0.321 e. The lowest BCUT2D eigenvalue weighted by Gasteiger charge is -2.30. The largest absolute Gasteiger partial charge is 0.480 e. The number of aliphatic carboxylic acids is 1. The van der Waals surface area contributed by atoms with Crippen molar-refractivity contribution in [2.45, 2.75) is 32.4 Å². The number of aromatic amines is 1. The second-order valence-electron chi connectivity index (χ2n) is 4.25. The molecule has 1 aliphatic heterocycles. The highest BCUT2D eigenvalue weighted by Crippen LogP contribution is 2.27. The quantitative estimate of drug-likeness (QED) is 0.670. The van der Waals surface area contributed by atoms with Gasteiger partial charge in [0.05, 0.1) is 18.1 Å². The molecule has 1 aromatic rings. The molecule has 0 saturated carbocycles. The fourth-order valence-corrected chi connectivity index (χ4v) is 1.99. The van der Waals surface area contributed by atoms with Gasteiger partial charge in [-0.25, -0.2) is 4.98 Å². The minimum atomic E-state index is -0.805. The average Bonchev–Trinajstić information content (AvgIpc) is 2.62. The van der Waals surface area contributed by atoms with E-state index in [1.54, 1.807) is 6.33 Å². The number of carboxylic acids is 1. The smallest absolute Gasteiger partial charge is 0.321 e. The van der Waals surface area contributed by atoms with Crippen LogP contribution in [0.2, 0.25) is 0 Å². The highest BCUT2D eigenvalue weighted by Gasteiger charge is 2.33. The first-order valence-corrected chi connectivity index (χ1v) is 5.10. The predicted octanol–water partition coefficient (Wildman–Crippen LogP) is 0.706. The fourth-order valence-electron chi connectivity index (χ4n) is 1.99. The van der Waals surface area contributed by atoms with Gasteiger partial charge < -0.3 is 10.1 Å². The molecule has 1 unspecified atom stereocenters. The number of H-pyrrole nitrogens is 1. The molecule has 1 aliphatic rings. The summed E-state index contributed by atoms with van der Waals surface area (Å²) in [6.45, 7) is 4.11. The monoisotopic (exact) mass is 209 g/mol. The van der Waals surface area contributed by atoms with Crippen molar-refractivity contribution in [1.29, 1.82) is 0 Å². The van der Waals surface area contributed by atoms with Gasteiger partial charge in [0, 0.05) is 12.1 Å². The van der Waals surface area contributed by atoms with Crippen LogP contribution in [-0.2, 0) is 11.2 Å². The molecular formula is C10H15N3O2. The third-order valence-electron chi connectivity index (χ3n) is 2.80. The Morgan fingerprint density at radius 1 is 1.67 bits per heavy atom. The summed E-state index contributed by atoms with van der Waals surface area (Å²) >= 11 is 0. The Hall–Kier alpha value is -1.36. The van der Waals surface area contributed by atoms with E-state index in [1.165, 1.54) is 0 Å². The molecule has 2 rings (SSSR count). The van der Waals surface area contributed by atoms with E-state index < -0.39 is 12.0 Å². The number of hydrogen-bond acceptors (Lipinski definition) is 3. The molecule has 0 aromatic carbocycles. The molecule has 0 fully saturated rings. The molecule has 15 heavy (non-hydrogen) atoms. The minimum Gasteiger partial charge on any atom is -0.480 e. The van der Waals surface area contributed by atoms with E-state index in [0.29, 0.717) is 12.3 Å². The van der Waals surface area contributed by atoms with Crippen LogP contribution < -0.4 is 5.32 Å². The molecule has 0 radical (unpaired) electrons. The maximum atomic E-state index is 11.0. The average molecular weight is 209 g/mol. The van der Waals surface area contributed by atoms with Crippen LogP contribution >= 0.6 is 0 Å². The first kappa shape index (κ1) is 10.2. The number of nitrogens with one attached hydrogen (secondary N) is 2. The van der Waals surface area contributed by atoms with E-state index in [9.17, 15) is 4.79 Å². The van der Waals surface area contributed by atoms with E-state index >= 15 is 0 Å². The third kappa shape index (κ3) is 1.74. The van der Waals surface area contributed by atoms with Gasteiger partial charge in [0.2, 0.25) is 0 Å². The Morgan fingerprint density at radius 2 is 2.40 bits per heavy atom. The molecule has 2 heterocycles. The topological polar surface area (TPSA) is 78.0 Å². The molecule has 5 heteroatoms. The summed E-state index contributed by atoms with van der Waals surface area (Å²) < 4.78 is 0. The van der Waals surface area contributed by atoms with Crippen molar-refractivity contribution in [2.24, 2.45) is 5.92 Å². The predicted molar refractivity (Wildman–Crippen MR) is 54.4 cm³/mol. The first-order chi connectivity index (χ1) is 7.09. The fraction of sp³-hybridized carbons (Fsp3) is 0.600. The van der Waals surface area contributed by atoms with Crippen LogP contribution in [0, 0.1) is 5.92 Å². The zero-order valence-electron chi connectivity index (χ0n) is 8.82. The SMILES string of the molecule is CC(C)C1N[C@@H](C(=O)O)Cc2[nH]cnc21. The zero-order chi connectivity index (χ0) is 11.0. The molecule has 0 bridgehead atoms. The number of hydrogen-bond donors (Lipinski definition) is 3. The molecule has 0 saturated heterocycles. The van der Waals surface area contributed by atoms with Gasteiger partial charge in [0.1, 0.15) is 6.04 Å². The van der Waals surface area contributed by atoms with Crippen molar-refractivity contribution < 1.29 is 9.90 Å². The Morgan fingerprint density at radius 3 is 3.00 bits per heavy atom. The number of aromatic nitrogens is 2. The van der Waals surface area contributed by atoms with Crippen molar-refractivity contribution in [3.8, 4) is 0 Å². The normalized spacial score (nSPS) is 25.3. The van der Waals surface area contributed by atoms with Crippen LogP contribution in [0.1, 0.15) is 31.3 Å². The number of carbonyl (C=O) groups is 1. The van der Waals surface area contributed by atoms with Crippen molar-refractivity contribution in [2.75, 3.05) is 0 Å². The molecule has 5 nitrogen and oxygen atoms in total. The second-order valence-corrected chi connectivity index (χ2v) is 4.25. The minimum absolute atomic E-state index is 0.0288. The van der Waals surface area contributed by atoms with Crippen LogP contribution in [0.5, 0.6) is 0 Å². The summed E-state index contributed by atoms with van der Waals surface area (Å²) in [5.74, 6) is -0.477. The number of fused-ring (bicyclic) bond motifs is 1. The van der Waals surface area contributed by atoms with Crippen LogP contribution in [0.3, 0.4) is 0 Å². The van der Waals surface area contributed by atoms with Crippen LogP contribution in [0.15, 0.2) is 6.33 Å². The first-order valence-electron chi connectivity index (χ1n) is 5.10. The number of imidazole rings is 1. The highest BCUT2D eigenvalue weighted by atomic mass is 16.4. The number of rotatable bonds is 2. The summed E-state index contributed by atoms with van der Waals surface area (Å²) in [5.41, 5.74) is 1.90. The second kappa shape index (κ2) is 3.66. The molecule has 82 valence electrons. The molecule has 0 aliphatic carbocycles. The third-order valence-corrected chi connectivity index (χ3v) is 2.80. The van der Waals surface area contributed by atoms with Gasteiger partial charge >= 0.3 is 5.97 Å². The Labute approximate surface area is 87.9 Å². The van der Waals surface area contributed by atoms with E-state index in [-0.39, 0.29) is 6.04 Å². The summed E-state index contributed by atoms with van der Waals surface area (Å²) in [5, 5.41) is 12.1. The van der Waals surface area contributed by atoms with Gasteiger partial charge in [-0.2, -0.15) is 0 Å². The van der Waals surface area contributed by atoms with E-state index in [4.69, 9.17) is 5.11 Å². The van der Waals surface area contributed by atoms with E-state index in [1.807, 2.05) is 0 Å². The number of nitrogens with zero attached hydrogens (tertiary/aromatic N) is 1. The molecule has 2 atom stereocenters. The van der Waals surface area contributed by atoms with Crippen LogP contribution in [-0.4, -0.2) is 27.1 Å². The Kier molecular flexibility index (Phi) is 2.48. The Bertz CT molecular complexity index is 372. The lowest BCUT2D eigenvalue weighted by Crippen LogP contribution is -2.46. The van der Waals surface area contributed by atoms with E-state index in [0.717, 1.165) is 11.4 Å². The molecule has 3 N–H and O–H groups in total. The van der Waals surface area contributed by atoms with E-state index in [2.05, 4.69) is 29.1 Å². The Balaban J connectivity index is 2.31. The molecule has 1 aromatic heterocycles. The van der Waals surface area contributed by atoms with Gasteiger partial charge in [-0.05, 0) is 5.92 Å². The standard InChI is InChI=1S/C10H15N3O2/c1-5(2)8-9-6(11-4-12-9)3-7(13-8)10(14)15/h4-5,7-8,13H,3H2,1-2H3,(H,11,12)(H,14,15)/t7-,8?/m1/s1. The van der Waals surface area contributed by atoms with Crippen molar-refractivity contribution in [3.63, 3.8) is 0 Å². The van der Waals surface area contributed by atoms with Gasteiger partial charge in [-0.1, -0.05) is 13.8 Å². The molecule has 0 spiro atoms. The van der Waals surface area contributed by atoms with Gasteiger partial charge in [0.15, 0.2) is 0 Å². The maximum absolute atomic E-state index is 11.0. The highest BCUT2D eigenvalue weighted by molar-refractivity contribution is 5.74. The van der Waals surface area contributed by atoms with Crippen molar-refractivity contribution in [3.05, 3.63) is 17.7 Å².